The fourth-order valence-corrected chi connectivity index (χ4v) is 1.83. The lowest BCUT2D eigenvalue weighted by Crippen LogP contribution is -2.38. The Morgan fingerprint density at radius 2 is 2.43 bits per heavy atom. The molecule has 2 rings (SSSR count). The number of nitrogens with one attached hydrogen (secondary N) is 2. The highest BCUT2D eigenvalue weighted by Gasteiger charge is 2.36. The fourth-order valence-electron chi connectivity index (χ4n) is 1.66. The average molecular weight is 213 g/mol. The van der Waals surface area contributed by atoms with E-state index in [1.807, 2.05) is 0 Å². The van der Waals surface area contributed by atoms with Crippen molar-refractivity contribution in [3.8, 4) is 0 Å². The summed E-state index contributed by atoms with van der Waals surface area (Å²) in [5, 5.41) is 10.5. The third-order valence-electron chi connectivity index (χ3n) is 2.46. The molecule has 2 aliphatic rings. The van der Waals surface area contributed by atoms with Crippen LogP contribution < -0.4 is 5.32 Å². The van der Waals surface area contributed by atoms with Gasteiger partial charge in [0, 0.05) is 16.5 Å². The molecular weight excluding hydrogens is 200 g/mol. The van der Waals surface area contributed by atoms with Gasteiger partial charge in [-0.25, -0.2) is 5.41 Å². The van der Waals surface area contributed by atoms with Gasteiger partial charge in [-0.15, -0.1) is 0 Å². The Kier molecular flexibility index (Phi) is 2.88. The van der Waals surface area contributed by atoms with Crippen molar-refractivity contribution in [2.45, 2.75) is 18.9 Å². The van der Waals surface area contributed by atoms with Gasteiger partial charge < -0.3 is 10.1 Å². The Labute approximate surface area is 86.7 Å². The molecule has 76 valence electrons. The summed E-state index contributed by atoms with van der Waals surface area (Å²) in [6.07, 6.45) is 4.08. The minimum absolute atomic E-state index is 0.0450. The first-order valence-electron chi connectivity index (χ1n) is 4.76. The molecule has 2 N–H and O–H groups in total. The van der Waals surface area contributed by atoms with Crippen molar-refractivity contribution in [1.82, 2.24) is 5.32 Å². The van der Waals surface area contributed by atoms with Gasteiger partial charge in [0.15, 0.2) is 0 Å². The molecule has 0 aromatic heterocycles. The Morgan fingerprint density at radius 3 is 3.07 bits per heavy atom. The van der Waals surface area contributed by atoms with Gasteiger partial charge in [-0.05, 0) is 18.8 Å². The van der Waals surface area contributed by atoms with Gasteiger partial charge in [0.25, 0.3) is 0 Å². The lowest BCUT2D eigenvalue weighted by Gasteiger charge is -2.26. The molecule has 0 radical (unpaired) electrons. The zero-order chi connectivity index (χ0) is 9.97. The van der Waals surface area contributed by atoms with Gasteiger partial charge in [0.1, 0.15) is 6.10 Å². The summed E-state index contributed by atoms with van der Waals surface area (Å²) in [5.41, 5.74) is 0.909. The predicted molar refractivity (Wildman–Crippen MR) is 54.3 cm³/mol. The molecule has 1 saturated heterocycles. The van der Waals surface area contributed by atoms with E-state index in [4.69, 9.17) is 10.1 Å². The molecule has 1 heterocycles. The largest absolute Gasteiger partial charge is 0.526 e. The zero-order valence-corrected chi connectivity index (χ0v) is 8.60. The highest BCUT2D eigenvalue weighted by atomic mass is 32.1. The van der Waals surface area contributed by atoms with Crippen LogP contribution in [0.4, 0.5) is 0 Å². The molecule has 0 aromatic rings. The van der Waals surface area contributed by atoms with E-state index in [0.717, 1.165) is 18.8 Å². The topological polar surface area (TPSA) is 62.2 Å². The number of hydrogen-bond donors (Lipinski definition) is 2. The molecule has 5 heteroatoms. The summed E-state index contributed by atoms with van der Waals surface area (Å²) in [6.45, 7) is 1.49. The first-order valence-corrected chi connectivity index (χ1v) is 5.51. The highest BCUT2D eigenvalue weighted by molar-refractivity contribution is 7.83. The Morgan fingerprint density at radius 1 is 1.64 bits per heavy atom. The van der Waals surface area contributed by atoms with Crippen molar-refractivity contribution in [1.29, 1.82) is 5.41 Å². The van der Waals surface area contributed by atoms with Crippen LogP contribution >= 0.6 is 0 Å². The molecule has 0 bridgehead atoms. The van der Waals surface area contributed by atoms with Crippen LogP contribution in [0.1, 0.15) is 12.8 Å². The van der Waals surface area contributed by atoms with E-state index < -0.39 is 0 Å². The van der Waals surface area contributed by atoms with E-state index in [9.17, 15) is 4.21 Å². The standard InChI is InChI=1S/C9H13N2O2S/c10-8(14-12)5-7-9(6-1-2-6)13-4-3-11-7/h5-6,9-11H,1-4H2/q+1/b7-5-,10-8?/t9-/m1/s1. The second-order valence-corrected chi connectivity index (χ2v) is 4.21. The Balaban J connectivity index is 2.08. The van der Waals surface area contributed by atoms with Crippen molar-refractivity contribution >= 4 is 16.7 Å². The molecule has 1 saturated carbocycles. The second-order valence-electron chi connectivity index (χ2n) is 3.60. The van der Waals surface area contributed by atoms with Gasteiger partial charge in [-0.3, -0.25) is 0 Å². The molecule has 4 nitrogen and oxygen atoms in total. The van der Waals surface area contributed by atoms with Crippen molar-refractivity contribution in [3.63, 3.8) is 0 Å². The van der Waals surface area contributed by atoms with Crippen molar-refractivity contribution in [2.75, 3.05) is 13.2 Å². The van der Waals surface area contributed by atoms with E-state index in [1.165, 1.54) is 12.8 Å². The molecule has 1 aliphatic heterocycles. The predicted octanol–water partition coefficient (Wildman–Crippen LogP) is 0.674. The maximum atomic E-state index is 10.4. The third kappa shape index (κ3) is 2.16. The van der Waals surface area contributed by atoms with E-state index in [-0.39, 0.29) is 22.8 Å². The first-order chi connectivity index (χ1) is 6.81. The summed E-state index contributed by atoms with van der Waals surface area (Å²) < 4.78 is 16.0. The first kappa shape index (κ1) is 9.73. The summed E-state index contributed by atoms with van der Waals surface area (Å²) in [5.74, 6) is 0.596. The Bertz CT molecular complexity index is 287. The van der Waals surface area contributed by atoms with Crippen molar-refractivity contribution in [2.24, 2.45) is 5.92 Å². The number of hydrogen-bond acceptors (Lipinski definition) is 4. The van der Waals surface area contributed by atoms with Gasteiger partial charge in [-0.1, -0.05) is 0 Å². The number of ether oxygens (including phenoxy) is 1. The van der Waals surface area contributed by atoms with Crippen LogP contribution in [0.5, 0.6) is 0 Å². The summed E-state index contributed by atoms with van der Waals surface area (Å²) in [7, 11) is 0. The quantitative estimate of drug-likeness (QED) is 0.403. The van der Waals surface area contributed by atoms with Crippen LogP contribution in [0.3, 0.4) is 0 Å². The summed E-state index contributed by atoms with van der Waals surface area (Å²) in [6, 6.07) is 0. The fraction of sp³-hybridized carbons (Fsp3) is 0.667. The van der Waals surface area contributed by atoms with Crippen LogP contribution in [-0.2, 0) is 20.6 Å². The summed E-state index contributed by atoms with van der Waals surface area (Å²) in [4.78, 5) is 0. The maximum absolute atomic E-state index is 10.4. The molecule has 1 atom stereocenters. The SMILES string of the molecule is N=C(/C=C1\NCCO[C@@H]1C1CC1)[S+]=O. The summed E-state index contributed by atoms with van der Waals surface area (Å²) >= 11 is 0.214. The average Bonchev–Trinajstić information content (AvgIpc) is 3.02. The van der Waals surface area contributed by atoms with Crippen LogP contribution in [-0.4, -0.2) is 24.3 Å². The zero-order valence-electron chi connectivity index (χ0n) is 7.79. The van der Waals surface area contributed by atoms with E-state index in [2.05, 4.69) is 5.32 Å². The van der Waals surface area contributed by atoms with Crippen LogP contribution in [0, 0.1) is 11.3 Å². The number of rotatable bonds is 2. The van der Waals surface area contributed by atoms with Crippen molar-refractivity contribution in [3.05, 3.63) is 11.8 Å². The minimum atomic E-state index is 0.0450. The van der Waals surface area contributed by atoms with Gasteiger partial charge >= 0.3 is 16.7 Å². The maximum Gasteiger partial charge on any atom is 0.526 e. The molecule has 0 aromatic carbocycles. The lowest BCUT2D eigenvalue weighted by molar-refractivity contribution is 0.0401. The minimum Gasteiger partial charge on any atom is -0.384 e. The molecule has 0 amide bonds. The lowest BCUT2D eigenvalue weighted by atomic mass is 10.1. The van der Waals surface area contributed by atoms with Crippen molar-refractivity contribution < 1.29 is 8.95 Å². The molecular formula is C9H13N2O2S+. The molecule has 0 unspecified atom stereocenters. The van der Waals surface area contributed by atoms with Crippen LogP contribution in [0.15, 0.2) is 11.8 Å². The normalized spacial score (nSPS) is 29.7. The third-order valence-corrected chi connectivity index (χ3v) is 2.76. The molecule has 0 spiro atoms. The van der Waals surface area contributed by atoms with E-state index >= 15 is 0 Å². The van der Waals surface area contributed by atoms with E-state index in [0.29, 0.717) is 5.92 Å². The van der Waals surface area contributed by atoms with Gasteiger partial charge in [0.05, 0.1) is 12.7 Å². The highest BCUT2D eigenvalue weighted by Crippen LogP contribution is 2.37. The number of morpholine rings is 1. The monoisotopic (exact) mass is 213 g/mol. The van der Waals surface area contributed by atoms with Crippen LogP contribution in [0.25, 0.3) is 0 Å². The Hall–Kier alpha value is -0.810. The smallest absolute Gasteiger partial charge is 0.384 e. The van der Waals surface area contributed by atoms with Gasteiger partial charge in [0.2, 0.25) is 0 Å². The second kappa shape index (κ2) is 4.14. The van der Waals surface area contributed by atoms with Gasteiger partial charge in [-0.2, -0.15) is 0 Å². The molecule has 2 fully saturated rings. The van der Waals surface area contributed by atoms with Crippen LogP contribution in [0.2, 0.25) is 0 Å². The molecule has 1 aliphatic carbocycles. The van der Waals surface area contributed by atoms with E-state index in [1.54, 1.807) is 6.08 Å². The molecule has 14 heavy (non-hydrogen) atoms.